The first kappa shape index (κ1) is 34.2. The van der Waals surface area contributed by atoms with E-state index < -0.39 is 0 Å². The summed E-state index contributed by atoms with van der Waals surface area (Å²) in [6.45, 7) is 2.27. The van der Waals surface area contributed by atoms with Gasteiger partial charge in [-0.05, 0) is 12.2 Å². The molecule has 0 aliphatic heterocycles. The molecule has 0 aliphatic carbocycles. The molecule has 0 radical (unpaired) electrons. The van der Waals surface area contributed by atoms with Gasteiger partial charge in [0.05, 0.1) is 13.5 Å². The van der Waals surface area contributed by atoms with Crippen molar-refractivity contribution in [1.29, 1.82) is 0 Å². The van der Waals surface area contributed by atoms with Crippen molar-refractivity contribution in [2.45, 2.75) is 107 Å². The third-order valence-electron chi connectivity index (χ3n) is 3.32. The topological polar surface area (TPSA) is 26.3 Å². The molecular formula is C20H48O2S. The van der Waals surface area contributed by atoms with Gasteiger partial charge in [-0.3, -0.25) is 4.79 Å². The van der Waals surface area contributed by atoms with Gasteiger partial charge in [0.1, 0.15) is 0 Å². The average molecular weight is 353 g/mol. The summed E-state index contributed by atoms with van der Waals surface area (Å²) in [5.41, 5.74) is 0. The SMILES string of the molecule is C.C.C.C.CCCCCCCCCCCCSCCC(=O)OC. The Morgan fingerprint density at radius 1 is 0.739 bits per heavy atom. The summed E-state index contributed by atoms with van der Waals surface area (Å²) in [4.78, 5) is 10.9. The quantitative estimate of drug-likeness (QED) is 0.236. The van der Waals surface area contributed by atoms with Crippen LogP contribution in [-0.2, 0) is 9.53 Å². The van der Waals surface area contributed by atoms with Crippen molar-refractivity contribution >= 4 is 17.7 Å². The van der Waals surface area contributed by atoms with Crippen LogP contribution < -0.4 is 0 Å². The molecule has 3 heteroatoms. The molecule has 0 atom stereocenters. The van der Waals surface area contributed by atoms with Gasteiger partial charge in [-0.15, -0.1) is 0 Å². The smallest absolute Gasteiger partial charge is 0.306 e. The normalized spacial score (nSPS) is 8.78. The molecule has 0 fully saturated rings. The molecule has 0 aromatic heterocycles. The van der Waals surface area contributed by atoms with Gasteiger partial charge in [0, 0.05) is 5.75 Å². The van der Waals surface area contributed by atoms with Crippen LogP contribution in [0, 0.1) is 0 Å². The molecule has 0 spiro atoms. The Labute approximate surface area is 153 Å². The lowest BCUT2D eigenvalue weighted by atomic mass is 10.1. The minimum atomic E-state index is -0.0874. The highest BCUT2D eigenvalue weighted by Gasteiger charge is 1.99. The van der Waals surface area contributed by atoms with Gasteiger partial charge in [0.2, 0.25) is 0 Å². The molecule has 0 amide bonds. The first-order valence-electron chi connectivity index (χ1n) is 7.95. The molecule has 146 valence electrons. The van der Waals surface area contributed by atoms with Gasteiger partial charge < -0.3 is 4.74 Å². The Morgan fingerprint density at radius 3 is 1.61 bits per heavy atom. The number of carbonyl (C=O) groups is 1. The molecule has 0 aromatic carbocycles. The molecule has 0 heterocycles. The number of hydrogen-bond acceptors (Lipinski definition) is 3. The standard InChI is InChI=1S/C16H32O2S.4CH4/c1-3-4-5-6-7-8-9-10-11-12-14-19-15-13-16(17)18-2;;;;/h3-15H2,1-2H3;4*1H4. The van der Waals surface area contributed by atoms with Crippen LogP contribution >= 0.6 is 11.8 Å². The molecule has 0 N–H and O–H groups in total. The second kappa shape index (κ2) is 29.8. The van der Waals surface area contributed by atoms with E-state index in [-0.39, 0.29) is 35.7 Å². The maximum Gasteiger partial charge on any atom is 0.306 e. The number of esters is 1. The van der Waals surface area contributed by atoms with Gasteiger partial charge in [-0.2, -0.15) is 11.8 Å². The zero-order chi connectivity index (χ0) is 14.2. The molecule has 0 bridgehead atoms. The second-order valence-electron chi connectivity index (χ2n) is 5.12. The second-order valence-corrected chi connectivity index (χ2v) is 6.35. The molecular weight excluding hydrogens is 304 g/mol. The molecule has 0 saturated carbocycles. The number of methoxy groups -OCH3 is 1. The largest absolute Gasteiger partial charge is 0.469 e. The summed E-state index contributed by atoms with van der Waals surface area (Å²) in [5, 5.41) is 0. The number of rotatable bonds is 14. The van der Waals surface area contributed by atoms with Crippen molar-refractivity contribution in [1.82, 2.24) is 0 Å². The van der Waals surface area contributed by atoms with Crippen LogP contribution in [0.15, 0.2) is 0 Å². The first-order valence-corrected chi connectivity index (χ1v) is 9.11. The summed E-state index contributed by atoms with van der Waals surface area (Å²) in [5.74, 6) is 2.01. The minimum absolute atomic E-state index is 0. The predicted molar refractivity (Wildman–Crippen MR) is 113 cm³/mol. The van der Waals surface area contributed by atoms with E-state index in [1.165, 1.54) is 77.1 Å². The Balaban J connectivity index is -0.000000270. The van der Waals surface area contributed by atoms with Crippen molar-refractivity contribution in [3.8, 4) is 0 Å². The first-order chi connectivity index (χ1) is 9.31. The Kier molecular flexibility index (Phi) is 44.3. The maximum absolute atomic E-state index is 10.9. The highest BCUT2D eigenvalue weighted by molar-refractivity contribution is 7.99. The van der Waals surface area contributed by atoms with Crippen molar-refractivity contribution in [3.05, 3.63) is 0 Å². The third-order valence-corrected chi connectivity index (χ3v) is 4.39. The van der Waals surface area contributed by atoms with Gasteiger partial charge in [-0.1, -0.05) is 94.4 Å². The highest BCUT2D eigenvalue weighted by atomic mass is 32.2. The maximum atomic E-state index is 10.9. The van der Waals surface area contributed by atoms with E-state index in [9.17, 15) is 4.79 Å². The molecule has 0 saturated heterocycles. The number of ether oxygens (including phenoxy) is 1. The summed E-state index contributed by atoms with van der Waals surface area (Å²) < 4.78 is 4.60. The molecule has 0 rings (SSSR count). The highest BCUT2D eigenvalue weighted by Crippen LogP contribution is 2.12. The van der Waals surface area contributed by atoms with Crippen LogP contribution in [0.2, 0.25) is 0 Å². The van der Waals surface area contributed by atoms with Crippen LogP contribution in [-0.4, -0.2) is 24.6 Å². The lowest BCUT2D eigenvalue weighted by Crippen LogP contribution is -2.01. The number of thioether (sulfide) groups is 1. The van der Waals surface area contributed by atoms with E-state index in [0.717, 1.165) is 5.75 Å². The van der Waals surface area contributed by atoms with Crippen LogP contribution in [0.4, 0.5) is 0 Å². The predicted octanol–water partition coefficient (Wildman–Crippen LogP) is 7.75. The van der Waals surface area contributed by atoms with Gasteiger partial charge in [-0.25, -0.2) is 0 Å². The number of carbonyl (C=O) groups excluding carboxylic acids is 1. The summed E-state index contributed by atoms with van der Waals surface area (Å²) in [7, 11) is 1.45. The monoisotopic (exact) mass is 352 g/mol. The molecule has 0 unspecified atom stereocenters. The fourth-order valence-electron chi connectivity index (χ4n) is 2.05. The van der Waals surface area contributed by atoms with Crippen LogP contribution in [0.5, 0.6) is 0 Å². The van der Waals surface area contributed by atoms with Crippen molar-refractivity contribution in [2.24, 2.45) is 0 Å². The average Bonchev–Trinajstić information content (AvgIpc) is 2.43. The minimum Gasteiger partial charge on any atom is -0.469 e. The van der Waals surface area contributed by atoms with Crippen molar-refractivity contribution in [2.75, 3.05) is 18.6 Å². The lowest BCUT2D eigenvalue weighted by molar-refractivity contribution is -0.140. The van der Waals surface area contributed by atoms with E-state index in [2.05, 4.69) is 11.7 Å². The number of hydrogen-bond donors (Lipinski definition) is 0. The molecule has 2 nitrogen and oxygen atoms in total. The summed E-state index contributed by atoms with van der Waals surface area (Å²) >= 11 is 1.87. The molecule has 23 heavy (non-hydrogen) atoms. The van der Waals surface area contributed by atoms with Crippen molar-refractivity contribution < 1.29 is 9.53 Å². The fourth-order valence-corrected chi connectivity index (χ4v) is 2.97. The Hall–Kier alpha value is -0.180. The molecule has 0 aromatic rings. The Bertz CT molecular complexity index is 196. The van der Waals surface area contributed by atoms with E-state index in [1.807, 2.05) is 11.8 Å². The summed E-state index contributed by atoms with van der Waals surface area (Å²) in [6.07, 6.45) is 14.4. The van der Waals surface area contributed by atoms with Crippen LogP contribution in [0.1, 0.15) is 107 Å². The van der Waals surface area contributed by atoms with E-state index >= 15 is 0 Å². The zero-order valence-electron chi connectivity index (χ0n) is 12.9. The van der Waals surface area contributed by atoms with Crippen molar-refractivity contribution in [3.63, 3.8) is 0 Å². The number of unbranched alkanes of at least 4 members (excludes halogenated alkanes) is 9. The summed E-state index contributed by atoms with van der Waals surface area (Å²) in [6, 6.07) is 0. The van der Waals surface area contributed by atoms with Gasteiger partial charge in [0.15, 0.2) is 0 Å². The lowest BCUT2D eigenvalue weighted by Gasteiger charge is -2.03. The zero-order valence-corrected chi connectivity index (χ0v) is 13.7. The van der Waals surface area contributed by atoms with E-state index in [1.54, 1.807) is 0 Å². The van der Waals surface area contributed by atoms with Gasteiger partial charge in [0.25, 0.3) is 0 Å². The van der Waals surface area contributed by atoms with E-state index in [4.69, 9.17) is 0 Å². The third kappa shape index (κ3) is 30.3. The van der Waals surface area contributed by atoms with Gasteiger partial charge >= 0.3 is 5.97 Å². The van der Waals surface area contributed by atoms with Crippen LogP contribution in [0.25, 0.3) is 0 Å². The fraction of sp³-hybridized carbons (Fsp3) is 0.950. The molecule has 0 aliphatic rings. The van der Waals surface area contributed by atoms with E-state index in [0.29, 0.717) is 6.42 Å². The van der Waals surface area contributed by atoms with Crippen LogP contribution in [0.3, 0.4) is 0 Å². The Morgan fingerprint density at radius 2 is 1.17 bits per heavy atom.